The molecule has 0 amide bonds. The Morgan fingerprint density at radius 2 is 2.00 bits per heavy atom. The predicted molar refractivity (Wildman–Crippen MR) is 35.0 cm³/mol. The molecule has 0 aromatic rings. The van der Waals surface area contributed by atoms with E-state index in [1.165, 1.54) is 13.8 Å². The SMILES string of the molecule is CC(=O)OC(C=N)C(C)=O. The van der Waals surface area contributed by atoms with Gasteiger partial charge in [0.2, 0.25) is 0 Å². The molecule has 0 aromatic carbocycles. The van der Waals surface area contributed by atoms with Gasteiger partial charge in [-0.25, -0.2) is 0 Å². The summed E-state index contributed by atoms with van der Waals surface area (Å²) in [6, 6.07) is 0. The monoisotopic (exact) mass is 143 g/mol. The van der Waals surface area contributed by atoms with Crippen molar-refractivity contribution in [2.24, 2.45) is 0 Å². The molecule has 0 fully saturated rings. The van der Waals surface area contributed by atoms with Gasteiger partial charge in [-0.05, 0) is 6.92 Å². The van der Waals surface area contributed by atoms with Gasteiger partial charge in [0, 0.05) is 13.1 Å². The standard InChI is InChI=1S/C6H9NO3/c1-4(8)6(3-7)10-5(2)9/h3,6-7H,1-2H3. The summed E-state index contributed by atoms with van der Waals surface area (Å²) in [6.45, 7) is 2.46. The molecule has 4 nitrogen and oxygen atoms in total. The van der Waals surface area contributed by atoms with Crippen LogP contribution < -0.4 is 0 Å². The van der Waals surface area contributed by atoms with Crippen molar-refractivity contribution in [1.29, 1.82) is 5.41 Å². The maximum Gasteiger partial charge on any atom is 0.303 e. The molecule has 0 spiro atoms. The molecule has 4 heteroatoms. The Labute approximate surface area is 58.7 Å². The highest BCUT2D eigenvalue weighted by atomic mass is 16.5. The van der Waals surface area contributed by atoms with E-state index in [2.05, 4.69) is 4.74 Å². The van der Waals surface area contributed by atoms with Gasteiger partial charge in [0.05, 0.1) is 0 Å². The van der Waals surface area contributed by atoms with Gasteiger partial charge >= 0.3 is 5.97 Å². The van der Waals surface area contributed by atoms with Gasteiger partial charge in [-0.2, -0.15) is 0 Å². The number of carbonyl (C=O) groups excluding carboxylic acids is 2. The van der Waals surface area contributed by atoms with E-state index in [0.29, 0.717) is 0 Å². The first kappa shape index (κ1) is 8.81. The summed E-state index contributed by atoms with van der Waals surface area (Å²) >= 11 is 0. The first-order valence-electron chi connectivity index (χ1n) is 2.76. The van der Waals surface area contributed by atoms with Crippen LogP contribution in [-0.2, 0) is 14.3 Å². The molecule has 0 aromatic heterocycles. The lowest BCUT2D eigenvalue weighted by atomic mass is 10.3. The Morgan fingerprint density at radius 1 is 1.50 bits per heavy atom. The average Bonchev–Trinajstić information content (AvgIpc) is 1.81. The van der Waals surface area contributed by atoms with E-state index in [-0.39, 0.29) is 5.78 Å². The van der Waals surface area contributed by atoms with Crippen LogP contribution in [0.4, 0.5) is 0 Å². The van der Waals surface area contributed by atoms with Gasteiger partial charge in [0.15, 0.2) is 11.9 Å². The zero-order chi connectivity index (χ0) is 8.15. The maximum atomic E-state index is 10.5. The summed E-state index contributed by atoms with van der Waals surface area (Å²) in [5.41, 5.74) is 0. The lowest BCUT2D eigenvalue weighted by Gasteiger charge is -2.06. The highest BCUT2D eigenvalue weighted by Gasteiger charge is 2.12. The van der Waals surface area contributed by atoms with Crippen molar-refractivity contribution >= 4 is 18.0 Å². The van der Waals surface area contributed by atoms with Gasteiger partial charge in [0.1, 0.15) is 0 Å². The Morgan fingerprint density at radius 3 is 2.10 bits per heavy atom. The van der Waals surface area contributed by atoms with E-state index in [4.69, 9.17) is 5.41 Å². The summed E-state index contributed by atoms with van der Waals surface area (Å²) in [5.74, 6) is -0.895. The minimum atomic E-state index is -1.00. The van der Waals surface area contributed by atoms with Crippen molar-refractivity contribution < 1.29 is 14.3 Å². The van der Waals surface area contributed by atoms with Crippen LogP contribution in [0.3, 0.4) is 0 Å². The molecule has 0 aliphatic heterocycles. The van der Waals surface area contributed by atoms with Crippen molar-refractivity contribution in [2.75, 3.05) is 0 Å². The van der Waals surface area contributed by atoms with Gasteiger partial charge in [-0.15, -0.1) is 0 Å². The van der Waals surface area contributed by atoms with E-state index < -0.39 is 12.1 Å². The van der Waals surface area contributed by atoms with Crippen LogP contribution in [0.1, 0.15) is 13.8 Å². The zero-order valence-electron chi connectivity index (χ0n) is 5.88. The number of nitrogens with one attached hydrogen (secondary N) is 1. The second-order valence-electron chi connectivity index (χ2n) is 1.81. The van der Waals surface area contributed by atoms with Gasteiger partial charge in [0.25, 0.3) is 0 Å². The van der Waals surface area contributed by atoms with Crippen LogP contribution in [0.25, 0.3) is 0 Å². The van der Waals surface area contributed by atoms with E-state index in [0.717, 1.165) is 6.21 Å². The fraction of sp³-hybridized carbons (Fsp3) is 0.500. The topological polar surface area (TPSA) is 67.2 Å². The molecule has 0 heterocycles. The molecule has 1 unspecified atom stereocenters. The van der Waals surface area contributed by atoms with Crippen LogP contribution in [0, 0.1) is 5.41 Å². The number of ether oxygens (including phenoxy) is 1. The second-order valence-corrected chi connectivity index (χ2v) is 1.81. The number of esters is 1. The maximum absolute atomic E-state index is 10.5. The van der Waals surface area contributed by atoms with Crippen LogP contribution in [0.2, 0.25) is 0 Å². The summed E-state index contributed by atoms with van der Waals surface area (Å²) in [4.78, 5) is 20.7. The third-order valence-corrected chi connectivity index (χ3v) is 0.845. The third-order valence-electron chi connectivity index (χ3n) is 0.845. The highest BCUT2D eigenvalue weighted by Crippen LogP contribution is 1.89. The molecule has 0 aliphatic carbocycles. The predicted octanol–water partition coefficient (Wildman–Crippen LogP) is 0.157. The first-order valence-corrected chi connectivity index (χ1v) is 2.76. The quantitative estimate of drug-likeness (QED) is 0.452. The molecule has 0 saturated heterocycles. The Kier molecular flexibility index (Phi) is 3.32. The number of carbonyl (C=O) groups is 2. The zero-order valence-corrected chi connectivity index (χ0v) is 5.88. The molecule has 0 saturated carbocycles. The molecule has 0 radical (unpaired) electrons. The van der Waals surface area contributed by atoms with Crippen molar-refractivity contribution in [2.45, 2.75) is 20.0 Å². The fourth-order valence-electron chi connectivity index (χ4n) is 0.413. The van der Waals surface area contributed by atoms with Crippen molar-refractivity contribution in [3.8, 4) is 0 Å². The molecule has 0 rings (SSSR count). The Hall–Kier alpha value is -1.19. The third kappa shape index (κ3) is 2.96. The van der Waals surface area contributed by atoms with Crippen molar-refractivity contribution in [3.63, 3.8) is 0 Å². The molecule has 10 heavy (non-hydrogen) atoms. The minimum absolute atomic E-state index is 0.342. The summed E-state index contributed by atoms with van der Waals surface area (Å²) in [7, 11) is 0. The number of hydrogen-bond acceptors (Lipinski definition) is 4. The molecule has 0 aliphatic rings. The minimum Gasteiger partial charge on any atom is -0.449 e. The number of ketones is 1. The highest BCUT2D eigenvalue weighted by molar-refractivity contribution is 5.97. The van der Waals surface area contributed by atoms with E-state index in [9.17, 15) is 9.59 Å². The van der Waals surface area contributed by atoms with Gasteiger partial charge in [-0.1, -0.05) is 0 Å². The smallest absolute Gasteiger partial charge is 0.303 e. The van der Waals surface area contributed by atoms with Crippen molar-refractivity contribution in [3.05, 3.63) is 0 Å². The van der Waals surface area contributed by atoms with Crippen LogP contribution in [0.5, 0.6) is 0 Å². The number of hydrogen-bond donors (Lipinski definition) is 1. The normalized spacial score (nSPS) is 11.8. The fourth-order valence-corrected chi connectivity index (χ4v) is 0.413. The van der Waals surface area contributed by atoms with Crippen LogP contribution in [0.15, 0.2) is 0 Å². The Balaban J connectivity index is 3.96. The van der Waals surface area contributed by atoms with E-state index in [1.807, 2.05) is 0 Å². The number of rotatable bonds is 3. The molecular weight excluding hydrogens is 134 g/mol. The molecule has 1 atom stereocenters. The molecule has 0 bridgehead atoms. The van der Waals surface area contributed by atoms with Crippen LogP contribution >= 0.6 is 0 Å². The molecule has 56 valence electrons. The summed E-state index contributed by atoms with van der Waals surface area (Å²) < 4.78 is 4.43. The second kappa shape index (κ2) is 3.76. The Bertz CT molecular complexity index is 164. The van der Waals surface area contributed by atoms with Gasteiger partial charge < -0.3 is 10.1 Å². The molecular formula is C6H9NO3. The largest absolute Gasteiger partial charge is 0.449 e. The first-order chi connectivity index (χ1) is 4.57. The average molecular weight is 143 g/mol. The summed E-state index contributed by atoms with van der Waals surface area (Å²) in [5, 5.41) is 6.66. The summed E-state index contributed by atoms with van der Waals surface area (Å²) in [6.07, 6.45) is -0.207. The van der Waals surface area contributed by atoms with E-state index >= 15 is 0 Å². The van der Waals surface area contributed by atoms with Gasteiger partial charge in [-0.3, -0.25) is 9.59 Å². The van der Waals surface area contributed by atoms with Crippen molar-refractivity contribution in [1.82, 2.24) is 0 Å². The lowest BCUT2D eigenvalue weighted by molar-refractivity contribution is -0.148. The molecule has 1 N–H and O–H groups in total. The lowest BCUT2D eigenvalue weighted by Crippen LogP contribution is -2.24. The van der Waals surface area contributed by atoms with Crippen LogP contribution in [-0.4, -0.2) is 24.1 Å². The van der Waals surface area contributed by atoms with E-state index in [1.54, 1.807) is 0 Å². The number of Topliss-reactive ketones (excluding diaryl/α,β-unsaturated/α-hetero) is 1.